The highest BCUT2D eigenvalue weighted by molar-refractivity contribution is 8.00. The van der Waals surface area contributed by atoms with Gasteiger partial charge in [0.1, 0.15) is 0 Å². The predicted molar refractivity (Wildman–Crippen MR) is 62.4 cm³/mol. The number of thioether (sulfide) groups is 1. The monoisotopic (exact) mass is 283 g/mol. The predicted octanol–water partition coefficient (Wildman–Crippen LogP) is 3.69. The maximum atomic E-state index is 12.1. The van der Waals surface area contributed by atoms with E-state index in [0.29, 0.717) is 0 Å². The van der Waals surface area contributed by atoms with Crippen LogP contribution in [0, 0.1) is 0 Å². The van der Waals surface area contributed by atoms with Crippen molar-refractivity contribution in [1.29, 1.82) is 0 Å². The number of benzene rings is 1. The maximum Gasteiger partial charge on any atom is 0.446 e. The Hall–Kier alpha value is -0.880. The lowest BCUT2D eigenvalue weighted by molar-refractivity contribution is -0.0327. The molecule has 2 N–H and O–H groups in total. The van der Waals surface area contributed by atoms with Gasteiger partial charge in [0.05, 0.1) is 0 Å². The number of carbonyl (C=O) groups excluding carboxylic acids is 1. The van der Waals surface area contributed by atoms with E-state index in [9.17, 15) is 18.0 Å². The molecule has 17 heavy (non-hydrogen) atoms. The molecule has 7 heteroatoms. The lowest BCUT2D eigenvalue weighted by Crippen LogP contribution is -2.04. The number of rotatable bonds is 4. The summed E-state index contributed by atoms with van der Waals surface area (Å²) < 4.78 is 36.4. The van der Waals surface area contributed by atoms with E-state index >= 15 is 0 Å². The van der Waals surface area contributed by atoms with Crippen molar-refractivity contribution >= 4 is 34.8 Å². The van der Waals surface area contributed by atoms with Crippen LogP contribution in [0.4, 0.5) is 18.9 Å². The fraction of sp³-hybridized carbons (Fsp3) is 0.300. The van der Waals surface area contributed by atoms with Crippen LogP contribution in [-0.2, 0) is 0 Å². The van der Waals surface area contributed by atoms with Crippen molar-refractivity contribution in [2.75, 3.05) is 11.6 Å². The molecule has 0 unspecified atom stereocenters. The van der Waals surface area contributed by atoms with Crippen LogP contribution in [0.1, 0.15) is 16.8 Å². The second-order valence-electron chi connectivity index (χ2n) is 3.16. The van der Waals surface area contributed by atoms with Gasteiger partial charge in [0, 0.05) is 28.4 Å². The van der Waals surface area contributed by atoms with E-state index in [0.717, 1.165) is 0 Å². The summed E-state index contributed by atoms with van der Waals surface area (Å²) >= 11 is 5.10. The summed E-state index contributed by atoms with van der Waals surface area (Å²) in [7, 11) is 0. The molecule has 1 rings (SSSR count). The highest BCUT2D eigenvalue weighted by Crippen LogP contribution is 2.39. The Morgan fingerprint density at radius 1 is 1.41 bits per heavy atom. The van der Waals surface area contributed by atoms with Gasteiger partial charge in [-0.3, -0.25) is 4.79 Å². The third-order valence-corrected chi connectivity index (χ3v) is 2.89. The Bertz CT molecular complexity index is 423. The SMILES string of the molecule is Nc1cc(C(=O)CCCl)ccc1SC(F)(F)F. The number of hydrogen-bond donors (Lipinski definition) is 1. The first-order valence-corrected chi connectivity index (χ1v) is 5.93. The van der Waals surface area contributed by atoms with Crippen LogP contribution in [0.5, 0.6) is 0 Å². The van der Waals surface area contributed by atoms with Gasteiger partial charge < -0.3 is 5.73 Å². The molecule has 0 saturated carbocycles. The molecule has 0 aliphatic carbocycles. The first kappa shape index (κ1) is 14.2. The maximum absolute atomic E-state index is 12.1. The minimum absolute atomic E-state index is 0.0623. The van der Waals surface area contributed by atoms with Crippen LogP contribution >= 0.6 is 23.4 Å². The molecule has 0 bridgehead atoms. The number of halogens is 4. The highest BCUT2D eigenvalue weighted by atomic mass is 35.5. The Balaban J connectivity index is 2.90. The molecule has 1 aromatic carbocycles. The number of alkyl halides is 4. The molecule has 0 spiro atoms. The van der Waals surface area contributed by atoms with Gasteiger partial charge in [-0.25, -0.2) is 0 Å². The Labute approximate surface area is 105 Å². The third-order valence-electron chi connectivity index (χ3n) is 1.88. The zero-order chi connectivity index (χ0) is 13.1. The Morgan fingerprint density at radius 3 is 2.53 bits per heavy atom. The zero-order valence-electron chi connectivity index (χ0n) is 8.55. The summed E-state index contributed by atoms with van der Waals surface area (Å²) in [5.74, 6) is -0.0760. The van der Waals surface area contributed by atoms with Crippen molar-refractivity contribution in [3.63, 3.8) is 0 Å². The van der Waals surface area contributed by atoms with Gasteiger partial charge in [0.25, 0.3) is 0 Å². The lowest BCUT2D eigenvalue weighted by Gasteiger charge is -2.09. The minimum Gasteiger partial charge on any atom is -0.398 e. The van der Waals surface area contributed by atoms with E-state index in [2.05, 4.69) is 0 Å². The molecule has 0 aromatic heterocycles. The van der Waals surface area contributed by atoms with E-state index in [4.69, 9.17) is 17.3 Å². The molecule has 0 radical (unpaired) electrons. The molecule has 0 atom stereocenters. The summed E-state index contributed by atoms with van der Waals surface area (Å²) in [5.41, 5.74) is 1.27. The van der Waals surface area contributed by atoms with Crippen LogP contribution in [-0.4, -0.2) is 17.2 Å². The van der Waals surface area contributed by atoms with Gasteiger partial charge in [0.2, 0.25) is 0 Å². The summed E-state index contributed by atoms with van der Waals surface area (Å²) in [4.78, 5) is 11.3. The standard InChI is InChI=1S/C10H9ClF3NOS/c11-4-3-8(16)6-1-2-9(7(15)5-6)17-10(12,13)14/h1-2,5H,3-4,15H2. The van der Waals surface area contributed by atoms with Gasteiger partial charge in [-0.1, -0.05) is 6.07 Å². The second kappa shape index (κ2) is 5.64. The number of nitrogens with two attached hydrogens (primary N) is 1. The molecule has 2 nitrogen and oxygen atoms in total. The molecule has 94 valence electrons. The lowest BCUT2D eigenvalue weighted by atomic mass is 10.1. The van der Waals surface area contributed by atoms with Crippen LogP contribution in [0.25, 0.3) is 0 Å². The molecule has 0 amide bonds. The largest absolute Gasteiger partial charge is 0.446 e. The molecule has 0 heterocycles. The van der Waals surface area contributed by atoms with Crippen molar-refractivity contribution in [1.82, 2.24) is 0 Å². The molecular weight excluding hydrogens is 275 g/mol. The molecule has 0 aliphatic rings. The van der Waals surface area contributed by atoms with Crippen LogP contribution in [0.15, 0.2) is 23.1 Å². The summed E-state index contributed by atoms with van der Waals surface area (Å²) in [6, 6.07) is 3.75. The minimum atomic E-state index is -4.39. The molecule has 0 aliphatic heterocycles. The fourth-order valence-electron chi connectivity index (χ4n) is 1.17. The zero-order valence-corrected chi connectivity index (χ0v) is 10.1. The van der Waals surface area contributed by atoms with Gasteiger partial charge in [-0.15, -0.1) is 11.6 Å². The second-order valence-corrected chi connectivity index (χ2v) is 4.65. The number of hydrogen-bond acceptors (Lipinski definition) is 3. The third kappa shape index (κ3) is 4.47. The smallest absolute Gasteiger partial charge is 0.398 e. The van der Waals surface area contributed by atoms with Gasteiger partial charge in [-0.05, 0) is 23.9 Å². The summed E-state index contributed by atoms with van der Waals surface area (Å²) in [5, 5.41) is 0. The van der Waals surface area contributed by atoms with Crippen molar-refractivity contribution in [3.8, 4) is 0 Å². The Kier molecular flexibility index (Phi) is 4.70. The van der Waals surface area contributed by atoms with Crippen molar-refractivity contribution < 1.29 is 18.0 Å². The fourth-order valence-corrected chi connectivity index (χ4v) is 1.90. The van der Waals surface area contributed by atoms with Gasteiger partial charge in [-0.2, -0.15) is 13.2 Å². The van der Waals surface area contributed by atoms with Crippen molar-refractivity contribution in [2.45, 2.75) is 16.8 Å². The van der Waals surface area contributed by atoms with Crippen molar-refractivity contribution in [2.24, 2.45) is 0 Å². The highest BCUT2D eigenvalue weighted by Gasteiger charge is 2.30. The van der Waals surface area contributed by atoms with E-state index in [-0.39, 0.29) is 46.0 Å². The summed E-state index contributed by atoms with van der Waals surface area (Å²) in [6.07, 6.45) is 0.132. The number of nitrogen functional groups attached to an aromatic ring is 1. The van der Waals surface area contributed by atoms with Crippen LogP contribution in [0.3, 0.4) is 0 Å². The van der Waals surface area contributed by atoms with Crippen LogP contribution < -0.4 is 5.73 Å². The number of carbonyl (C=O) groups is 1. The first-order chi connectivity index (χ1) is 7.83. The number of Topliss-reactive ketones (excluding diaryl/α,β-unsaturated/α-hetero) is 1. The summed E-state index contributed by atoms with van der Waals surface area (Å²) in [6.45, 7) is 0. The van der Waals surface area contributed by atoms with E-state index < -0.39 is 5.51 Å². The normalized spacial score (nSPS) is 11.5. The number of ketones is 1. The van der Waals surface area contributed by atoms with Gasteiger partial charge >= 0.3 is 5.51 Å². The topological polar surface area (TPSA) is 43.1 Å². The first-order valence-electron chi connectivity index (χ1n) is 4.58. The van der Waals surface area contributed by atoms with Crippen molar-refractivity contribution in [3.05, 3.63) is 23.8 Å². The van der Waals surface area contributed by atoms with Gasteiger partial charge in [0.15, 0.2) is 5.78 Å². The van der Waals surface area contributed by atoms with E-state index in [1.54, 1.807) is 0 Å². The molecular formula is C10H9ClF3NOS. The average Bonchev–Trinajstić information content (AvgIpc) is 2.19. The number of anilines is 1. The van der Waals surface area contributed by atoms with Crippen LogP contribution in [0.2, 0.25) is 0 Å². The molecule has 0 fully saturated rings. The molecule has 1 aromatic rings. The van der Waals surface area contributed by atoms with E-state index in [1.807, 2.05) is 0 Å². The quantitative estimate of drug-likeness (QED) is 0.397. The van der Waals surface area contributed by atoms with E-state index in [1.165, 1.54) is 18.2 Å². The molecule has 0 saturated heterocycles. The Morgan fingerprint density at radius 2 is 2.06 bits per heavy atom. The average molecular weight is 284 g/mol.